The van der Waals surface area contributed by atoms with Crippen molar-refractivity contribution >= 4 is 11.5 Å². The van der Waals surface area contributed by atoms with Gasteiger partial charge in [0.25, 0.3) is 0 Å². The third-order valence-electron chi connectivity index (χ3n) is 1.54. The summed E-state index contributed by atoms with van der Waals surface area (Å²) >= 11 is 0. The van der Waals surface area contributed by atoms with Gasteiger partial charge in [0.05, 0.1) is 12.3 Å². The molecule has 0 amide bonds. The van der Waals surface area contributed by atoms with Gasteiger partial charge in [-0.1, -0.05) is 13.8 Å². The minimum Gasteiger partial charge on any atom is -0.392 e. The SMILES string of the molecule is [C-]#[N+]c1c(N)ncnc1C(C)C. The highest BCUT2D eigenvalue weighted by Crippen LogP contribution is 2.28. The second kappa shape index (κ2) is 3.18. The highest BCUT2D eigenvalue weighted by molar-refractivity contribution is 5.65. The van der Waals surface area contributed by atoms with Gasteiger partial charge in [0.1, 0.15) is 12.1 Å². The van der Waals surface area contributed by atoms with Gasteiger partial charge in [-0.05, 0) is 5.92 Å². The summed E-state index contributed by atoms with van der Waals surface area (Å²) in [5, 5.41) is 0. The zero-order valence-corrected chi connectivity index (χ0v) is 7.07. The van der Waals surface area contributed by atoms with Crippen molar-refractivity contribution in [2.75, 3.05) is 5.73 Å². The van der Waals surface area contributed by atoms with Gasteiger partial charge >= 0.3 is 0 Å². The normalized spacial score (nSPS) is 9.83. The van der Waals surface area contributed by atoms with Gasteiger partial charge in [-0.15, -0.1) is 0 Å². The summed E-state index contributed by atoms with van der Waals surface area (Å²) < 4.78 is 0. The molecule has 0 aromatic carbocycles. The average molecular weight is 162 g/mol. The molecule has 0 aliphatic rings. The van der Waals surface area contributed by atoms with E-state index in [1.807, 2.05) is 13.8 Å². The number of nitrogens with zero attached hydrogens (tertiary/aromatic N) is 3. The van der Waals surface area contributed by atoms with E-state index in [2.05, 4.69) is 14.8 Å². The van der Waals surface area contributed by atoms with Crippen LogP contribution in [0, 0.1) is 6.57 Å². The van der Waals surface area contributed by atoms with E-state index < -0.39 is 0 Å². The van der Waals surface area contributed by atoms with Crippen molar-refractivity contribution in [1.29, 1.82) is 0 Å². The summed E-state index contributed by atoms with van der Waals surface area (Å²) in [6.45, 7) is 10.8. The smallest absolute Gasteiger partial charge is 0.249 e. The molecule has 0 atom stereocenters. The van der Waals surface area contributed by atoms with Crippen molar-refractivity contribution in [3.05, 3.63) is 23.4 Å². The Balaban J connectivity index is 3.30. The lowest BCUT2D eigenvalue weighted by atomic mass is 10.1. The van der Waals surface area contributed by atoms with E-state index in [-0.39, 0.29) is 11.7 Å². The lowest BCUT2D eigenvalue weighted by Crippen LogP contribution is -1.98. The van der Waals surface area contributed by atoms with Gasteiger partial charge in [-0.2, -0.15) is 0 Å². The zero-order chi connectivity index (χ0) is 9.14. The van der Waals surface area contributed by atoms with Crippen LogP contribution in [0.3, 0.4) is 0 Å². The van der Waals surface area contributed by atoms with Crippen molar-refractivity contribution in [2.45, 2.75) is 19.8 Å². The monoisotopic (exact) mass is 162 g/mol. The molecule has 62 valence electrons. The Morgan fingerprint density at radius 2 is 2.17 bits per heavy atom. The summed E-state index contributed by atoms with van der Waals surface area (Å²) in [5.74, 6) is 0.475. The van der Waals surface area contributed by atoms with Crippen LogP contribution in [-0.2, 0) is 0 Å². The first-order chi connectivity index (χ1) is 5.66. The topological polar surface area (TPSA) is 56.2 Å². The van der Waals surface area contributed by atoms with E-state index in [0.29, 0.717) is 5.69 Å². The predicted molar refractivity (Wildman–Crippen MR) is 46.8 cm³/mol. The molecule has 0 unspecified atom stereocenters. The molecule has 1 aromatic rings. The highest BCUT2D eigenvalue weighted by atomic mass is 15.0. The fourth-order valence-electron chi connectivity index (χ4n) is 0.944. The van der Waals surface area contributed by atoms with Crippen molar-refractivity contribution in [3.8, 4) is 0 Å². The van der Waals surface area contributed by atoms with Crippen molar-refractivity contribution in [1.82, 2.24) is 9.97 Å². The third kappa shape index (κ3) is 1.35. The van der Waals surface area contributed by atoms with E-state index in [9.17, 15) is 0 Å². The molecule has 0 spiro atoms. The molecule has 2 N–H and O–H groups in total. The first kappa shape index (κ1) is 8.47. The molecule has 1 heterocycles. The van der Waals surface area contributed by atoms with Crippen molar-refractivity contribution in [2.24, 2.45) is 0 Å². The Kier molecular flexibility index (Phi) is 2.24. The van der Waals surface area contributed by atoms with Gasteiger partial charge in [0.2, 0.25) is 5.69 Å². The Hall–Kier alpha value is -1.63. The van der Waals surface area contributed by atoms with Crippen LogP contribution in [-0.4, -0.2) is 9.97 Å². The maximum Gasteiger partial charge on any atom is 0.249 e. The molecule has 0 aliphatic heterocycles. The lowest BCUT2D eigenvalue weighted by molar-refractivity contribution is 0.821. The van der Waals surface area contributed by atoms with Crippen LogP contribution in [0.4, 0.5) is 11.5 Å². The number of nitrogen functional groups attached to an aromatic ring is 1. The van der Waals surface area contributed by atoms with Gasteiger partial charge in [0, 0.05) is 0 Å². The minimum absolute atomic E-state index is 0.208. The number of nitrogens with two attached hydrogens (primary N) is 1. The van der Waals surface area contributed by atoms with Crippen LogP contribution in [0.1, 0.15) is 25.5 Å². The largest absolute Gasteiger partial charge is 0.392 e. The molecule has 4 heteroatoms. The van der Waals surface area contributed by atoms with E-state index in [1.54, 1.807) is 0 Å². The van der Waals surface area contributed by atoms with Crippen LogP contribution in [0.15, 0.2) is 6.33 Å². The quantitative estimate of drug-likeness (QED) is 0.640. The summed E-state index contributed by atoms with van der Waals surface area (Å²) in [6, 6.07) is 0. The molecule has 1 rings (SSSR count). The van der Waals surface area contributed by atoms with Gasteiger partial charge in [-0.3, -0.25) is 4.98 Å². The maximum absolute atomic E-state index is 6.88. The molecule has 0 fully saturated rings. The van der Waals surface area contributed by atoms with Crippen LogP contribution in [0.5, 0.6) is 0 Å². The molecule has 12 heavy (non-hydrogen) atoms. The lowest BCUT2D eigenvalue weighted by Gasteiger charge is -2.06. The molecule has 0 aliphatic carbocycles. The number of hydrogen-bond donors (Lipinski definition) is 1. The van der Waals surface area contributed by atoms with Crippen LogP contribution < -0.4 is 5.73 Å². The van der Waals surface area contributed by atoms with Gasteiger partial charge < -0.3 is 5.73 Å². The number of rotatable bonds is 1. The molecule has 0 bridgehead atoms. The number of aromatic nitrogens is 2. The Morgan fingerprint density at radius 1 is 1.50 bits per heavy atom. The van der Waals surface area contributed by atoms with Crippen molar-refractivity contribution in [3.63, 3.8) is 0 Å². The number of anilines is 1. The fraction of sp³-hybridized carbons (Fsp3) is 0.375. The Labute approximate surface area is 71.3 Å². The average Bonchev–Trinajstić information content (AvgIpc) is 2.03. The summed E-state index contributed by atoms with van der Waals surface area (Å²) in [5.41, 5.74) is 6.61. The molecule has 4 nitrogen and oxygen atoms in total. The zero-order valence-electron chi connectivity index (χ0n) is 7.07. The molecular weight excluding hydrogens is 152 g/mol. The van der Waals surface area contributed by atoms with Crippen LogP contribution in [0.25, 0.3) is 4.85 Å². The van der Waals surface area contributed by atoms with Crippen molar-refractivity contribution < 1.29 is 0 Å². The fourth-order valence-corrected chi connectivity index (χ4v) is 0.944. The molecule has 0 saturated heterocycles. The van der Waals surface area contributed by atoms with E-state index >= 15 is 0 Å². The molecule has 1 aromatic heterocycles. The van der Waals surface area contributed by atoms with E-state index in [1.165, 1.54) is 6.33 Å². The summed E-state index contributed by atoms with van der Waals surface area (Å²) in [6.07, 6.45) is 1.39. The van der Waals surface area contributed by atoms with Crippen LogP contribution >= 0.6 is 0 Å². The van der Waals surface area contributed by atoms with E-state index in [0.717, 1.165) is 5.69 Å². The minimum atomic E-state index is 0.208. The molecule has 0 saturated carbocycles. The van der Waals surface area contributed by atoms with E-state index in [4.69, 9.17) is 12.3 Å². The summed E-state index contributed by atoms with van der Waals surface area (Å²) in [4.78, 5) is 11.0. The Bertz CT molecular complexity index is 324. The first-order valence-electron chi connectivity index (χ1n) is 3.64. The van der Waals surface area contributed by atoms with Gasteiger partial charge in [0.15, 0.2) is 0 Å². The number of hydrogen-bond acceptors (Lipinski definition) is 3. The summed E-state index contributed by atoms with van der Waals surface area (Å²) in [7, 11) is 0. The first-order valence-corrected chi connectivity index (χ1v) is 3.64. The highest BCUT2D eigenvalue weighted by Gasteiger charge is 2.11. The molecular formula is C8H10N4. The Morgan fingerprint density at radius 3 is 2.58 bits per heavy atom. The second-order valence-corrected chi connectivity index (χ2v) is 2.76. The predicted octanol–water partition coefficient (Wildman–Crippen LogP) is 1.73. The van der Waals surface area contributed by atoms with Gasteiger partial charge in [-0.25, -0.2) is 9.83 Å². The standard InChI is InChI=1S/C8H10N4/c1-5(2)6-7(10-3)8(9)12-4-11-6/h4-5H,1-2H3,(H2,9,11,12). The van der Waals surface area contributed by atoms with Crippen LogP contribution in [0.2, 0.25) is 0 Å². The second-order valence-electron chi connectivity index (χ2n) is 2.76. The molecule has 0 radical (unpaired) electrons. The third-order valence-corrected chi connectivity index (χ3v) is 1.54. The maximum atomic E-state index is 6.88.